The van der Waals surface area contributed by atoms with Crippen molar-refractivity contribution in [3.05, 3.63) is 40.9 Å². The Hall–Kier alpha value is -2.41. The maximum atomic E-state index is 11.7. The number of ether oxygens (including phenoxy) is 1. The fourth-order valence-corrected chi connectivity index (χ4v) is 1.55. The lowest BCUT2D eigenvalue weighted by Crippen LogP contribution is -2.21. The Labute approximate surface area is 118 Å². The first kappa shape index (κ1) is 14.0. The Morgan fingerprint density at radius 2 is 2.30 bits per heavy atom. The van der Waals surface area contributed by atoms with Gasteiger partial charge in [-0.3, -0.25) is 4.79 Å². The summed E-state index contributed by atoms with van der Waals surface area (Å²) in [5, 5.41) is 6.01. The zero-order valence-electron chi connectivity index (χ0n) is 10.4. The van der Waals surface area contributed by atoms with E-state index in [9.17, 15) is 9.59 Å². The maximum Gasteiger partial charge on any atom is 0.341 e. The van der Waals surface area contributed by atoms with Gasteiger partial charge in [-0.05, 0) is 19.1 Å². The molecule has 0 aliphatic heterocycles. The lowest BCUT2D eigenvalue weighted by molar-refractivity contribution is -0.119. The molecule has 0 spiro atoms. The molecule has 2 aromatic rings. The first-order chi connectivity index (χ1) is 9.56. The summed E-state index contributed by atoms with van der Waals surface area (Å²) in [6.07, 6.45) is 1.44. The molecular weight excluding hydrogens is 286 g/mol. The van der Waals surface area contributed by atoms with Crippen LogP contribution in [0.25, 0.3) is 0 Å². The van der Waals surface area contributed by atoms with Gasteiger partial charge in [-0.25, -0.2) is 9.78 Å². The van der Waals surface area contributed by atoms with Crippen LogP contribution in [0.15, 0.2) is 28.9 Å². The quantitative estimate of drug-likeness (QED) is 0.683. The number of esters is 1. The summed E-state index contributed by atoms with van der Waals surface area (Å²) in [5.74, 6) is -0.455. The van der Waals surface area contributed by atoms with E-state index >= 15 is 0 Å². The number of hydrogen-bond acceptors (Lipinski definition) is 6. The van der Waals surface area contributed by atoms with E-state index in [-0.39, 0.29) is 16.5 Å². The minimum Gasteiger partial charge on any atom is -0.452 e. The van der Waals surface area contributed by atoms with Gasteiger partial charge < -0.3 is 14.6 Å². The second kappa shape index (κ2) is 6.16. The molecule has 0 radical (unpaired) electrons. The number of nitrogens with zero attached hydrogens (tertiary/aromatic N) is 2. The van der Waals surface area contributed by atoms with Crippen molar-refractivity contribution in [3.63, 3.8) is 0 Å². The van der Waals surface area contributed by atoms with E-state index < -0.39 is 18.5 Å². The molecule has 2 aromatic heterocycles. The SMILES string of the molecule is Cc1cc(NC(=O)COC(=O)c2cccnc2Cl)no1. The van der Waals surface area contributed by atoms with Crippen LogP contribution in [0.1, 0.15) is 16.1 Å². The number of carbonyl (C=O) groups is 2. The Morgan fingerprint density at radius 3 is 2.95 bits per heavy atom. The molecule has 1 amide bonds. The molecule has 0 saturated carbocycles. The lowest BCUT2D eigenvalue weighted by Gasteiger charge is -2.05. The summed E-state index contributed by atoms with van der Waals surface area (Å²) in [6.45, 7) is 1.23. The van der Waals surface area contributed by atoms with Gasteiger partial charge in [0, 0.05) is 12.3 Å². The highest BCUT2D eigenvalue weighted by atomic mass is 35.5. The highest BCUT2D eigenvalue weighted by molar-refractivity contribution is 6.32. The van der Waals surface area contributed by atoms with E-state index in [1.54, 1.807) is 13.0 Å². The monoisotopic (exact) mass is 295 g/mol. The highest BCUT2D eigenvalue weighted by Crippen LogP contribution is 2.12. The number of amides is 1. The summed E-state index contributed by atoms with van der Waals surface area (Å²) < 4.78 is 9.59. The van der Waals surface area contributed by atoms with Gasteiger partial charge in [0.1, 0.15) is 10.9 Å². The first-order valence-corrected chi connectivity index (χ1v) is 5.95. The molecular formula is C12H10ClN3O4. The van der Waals surface area contributed by atoms with Crippen molar-refractivity contribution in [1.29, 1.82) is 0 Å². The standard InChI is InChI=1S/C12H10ClN3O4/c1-7-5-9(16-20-7)15-10(17)6-19-12(18)8-3-2-4-14-11(8)13/h2-5H,6H2,1H3,(H,15,16,17). The second-order valence-corrected chi connectivity index (χ2v) is 4.15. The Balaban J connectivity index is 1.87. The van der Waals surface area contributed by atoms with Crippen molar-refractivity contribution in [3.8, 4) is 0 Å². The third-order valence-corrected chi connectivity index (χ3v) is 2.51. The number of carbonyl (C=O) groups excluding carboxylic acids is 2. The van der Waals surface area contributed by atoms with Gasteiger partial charge in [-0.1, -0.05) is 16.8 Å². The Bertz CT molecular complexity index is 641. The average molecular weight is 296 g/mol. The third-order valence-electron chi connectivity index (χ3n) is 2.21. The summed E-state index contributed by atoms with van der Waals surface area (Å²) in [5.41, 5.74) is 0.0965. The topological polar surface area (TPSA) is 94.3 Å². The molecule has 0 saturated heterocycles. The van der Waals surface area contributed by atoms with Gasteiger partial charge >= 0.3 is 5.97 Å². The van der Waals surface area contributed by atoms with Crippen molar-refractivity contribution in [1.82, 2.24) is 10.1 Å². The fraction of sp³-hybridized carbons (Fsp3) is 0.167. The van der Waals surface area contributed by atoms with Gasteiger partial charge in [0.25, 0.3) is 5.91 Å². The van der Waals surface area contributed by atoms with Crippen molar-refractivity contribution < 1.29 is 18.8 Å². The minimum atomic E-state index is -0.727. The van der Waals surface area contributed by atoms with Gasteiger partial charge in [0.15, 0.2) is 12.4 Å². The summed E-state index contributed by atoms with van der Waals surface area (Å²) in [7, 11) is 0. The number of halogens is 1. The van der Waals surface area contributed by atoms with Crippen LogP contribution < -0.4 is 5.32 Å². The van der Waals surface area contributed by atoms with Crippen molar-refractivity contribution in [2.45, 2.75) is 6.92 Å². The largest absolute Gasteiger partial charge is 0.452 e. The van der Waals surface area contributed by atoms with Crippen LogP contribution in [-0.4, -0.2) is 28.6 Å². The molecule has 7 nitrogen and oxygen atoms in total. The van der Waals surface area contributed by atoms with Crippen LogP contribution in [-0.2, 0) is 9.53 Å². The predicted octanol–water partition coefficient (Wildman–Crippen LogP) is 1.83. The molecule has 0 fully saturated rings. The number of nitrogens with one attached hydrogen (secondary N) is 1. The maximum absolute atomic E-state index is 11.7. The molecule has 8 heteroatoms. The normalized spacial score (nSPS) is 10.1. The minimum absolute atomic E-state index is 0.0186. The molecule has 0 unspecified atom stereocenters. The van der Waals surface area contributed by atoms with Crippen LogP contribution in [0.5, 0.6) is 0 Å². The number of aromatic nitrogens is 2. The van der Waals surface area contributed by atoms with E-state index in [4.69, 9.17) is 20.9 Å². The molecule has 2 rings (SSSR count). The lowest BCUT2D eigenvalue weighted by atomic mass is 10.3. The van der Waals surface area contributed by atoms with Crippen LogP contribution in [0.4, 0.5) is 5.82 Å². The van der Waals surface area contributed by atoms with Gasteiger partial charge in [0.05, 0.1) is 5.56 Å². The van der Waals surface area contributed by atoms with E-state index in [0.717, 1.165) is 0 Å². The molecule has 1 N–H and O–H groups in total. The summed E-state index contributed by atoms with van der Waals surface area (Å²) >= 11 is 5.73. The van der Waals surface area contributed by atoms with E-state index in [2.05, 4.69) is 15.5 Å². The molecule has 0 aliphatic carbocycles. The number of rotatable bonds is 4. The van der Waals surface area contributed by atoms with Gasteiger partial charge in [-0.15, -0.1) is 0 Å². The molecule has 2 heterocycles. The van der Waals surface area contributed by atoms with Crippen LogP contribution >= 0.6 is 11.6 Å². The molecule has 0 aliphatic rings. The van der Waals surface area contributed by atoms with E-state index in [1.807, 2.05) is 0 Å². The van der Waals surface area contributed by atoms with Crippen LogP contribution in [0, 0.1) is 6.92 Å². The van der Waals surface area contributed by atoms with Crippen LogP contribution in [0.3, 0.4) is 0 Å². The third kappa shape index (κ3) is 3.55. The van der Waals surface area contributed by atoms with Crippen molar-refractivity contribution >= 4 is 29.3 Å². The number of anilines is 1. The second-order valence-electron chi connectivity index (χ2n) is 3.79. The molecule has 0 aromatic carbocycles. The van der Waals surface area contributed by atoms with E-state index in [1.165, 1.54) is 18.3 Å². The molecule has 0 bridgehead atoms. The Morgan fingerprint density at radius 1 is 1.50 bits per heavy atom. The first-order valence-electron chi connectivity index (χ1n) is 5.57. The van der Waals surface area contributed by atoms with E-state index in [0.29, 0.717) is 5.76 Å². The fourth-order valence-electron chi connectivity index (χ4n) is 1.35. The van der Waals surface area contributed by atoms with Crippen LogP contribution in [0.2, 0.25) is 5.15 Å². The van der Waals surface area contributed by atoms with Gasteiger partial charge in [-0.2, -0.15) is 0 Å². The molecule has 0 atom stereocenters. The number of pyridine rings is 1. The van der Waals surface area contributed by atoms with Crippen molar-refractivity contribution in [2.75, 3.05) is 11.9 Å². The zero-order valence-corrected chi connectivity index (χ0v) is 11.2. The average Bonchev–Trinajstić information content (AvgIpc) is 2.82. The highest BCUT2D eigenvalue weighted by Gasteiger charge is 2.14. The predicted molar refractivity (Wildman–Crippen MR) is 69.4 cm³/mol. The summed E-state index contributed by atoms with van der Waals surface area (Å²) in [6, 6.07) is 4.54. The summed E-state index contributed by atoms with van der Waals surface area (Å²) in [4.78, 5) is 26.9. The molecule has 20 heavy (non-hydrogen) atoms. The smallest absolute Gasteiger partial charge is 0.341 e. The van der Waals surface area contributed by atoms with Gasteiger partial charge in [0.2, 0.25) is 0 Å². The zero-order chi connectivity index (χ0) is 14.5. The molecule has 104 valence electrons. The number of hydrogen-bond donors (Lipinski definition) is 1. The number of aryl methyl sites for hydroxylation is 1. The Kier molecular flexibility index (Phi) is 4.31. The van der Waals surface area contributed by atoms with Crippen molar-refractivity contribution in [2.24, 2.45) is 0 Å².